The van der Waals surface area contributed by atoms with E-state index in [1.807, 2.05) is 12.1 Å². The van der Waals surface area contributed by atoms with Gasteiger partial charge < -0.3 is 5.11 Å². The number of hydrogen-bond donors (Lipinski definition) is 1. The fraction of sp³-hybridized carbons (Fsp3) is 0.273. The summed E-state index contributed by atoms with van der Waals surface area (Å²) in [7, 11) is 0.292. The first-order valence-corrected chi connectivity index (χ1v) is 5.97. The average Bonchev–Trinajstić information content (AvgIpc) is 2.20. The summed E-state index contributed by atoms with van der Waals surface area (Å²) >= 11 is 0. The Morgan fingerprint density at radius 2 is 1.92 bits per heavy atom. The van der Waals surface area contributed by atoms with E-state index < -0.39 is 0 Å². The molecule has 1 aromatic rings. The maximum absolute atomic E-state index is 9.14. The molecular weight excluding hydrogens is 180 g/mol. The van der Waals surface area contributed by atoms with Crippen LogP contribution in [0.4, 0.5) is 0 Å². The van der Waals surface area contributed by atoms with E-state index in [2.05, 4.69) is 11.5 Å². The van der Waals surface area contributed by atoms with E-state index in [4.69, 9.17) is 5.11 Å². The lowest BCUT2D eigenvalue weighted by Gasteiger charge is -2.06. The van der Waals surface area contributed by atoms with E-state index in [0.29, 0.717) is 16.6 Å². The van der Waals surface area contributed by atoms with Crippen molar-refractivity contribution >= 4 is 10.9 Å². The van der Waals surface area contributed by atoms with Gasteiger partial charge >= 0.3 is 0 Å². The van der Waals surface area contributed by atoms with Gasteiger partial charge in [0, 0.05) is 0 Å². The van der Waals surface area contributed by atoms with Gasteiger partial charge in [0.25, 0.3) is 0 Å². The van der Waals surface area contributed by atoms with Gasteiger partial charge in [0.2, 0.25) is 0 Å². The second-order valence-corrected chi connectivity index (χ2v) is 5.15. The van der Waals surface area contributed by atoms with E-state index in [1.165, 1.54) is 23.5 Å². The Labute approximate surface area is 81.4 Å². The fourth-order valence-electron chi connectivity index (χ4n) is 1.43. The molecule has 1 aliphatic rings. The van der Waals surface area contributed by atoms with Crippen LogP contribution in [0.2, 0.25) is 0 Å². The first kappa shape index (κ1) is 8.70. The topological polar surface area (TPSA) is 20.2 Å². The summed E-state index contributed by atoms with van der Waals surface area (Å²) in [6, 6.07) is 7.58. The normalized spacial score (nSPS) is 21.7. The van der Waals surface area contributed by atoms with E-state index >= 15 is 0 Å². The van der Waals surface area contributed by atoms with Crippen LogP contribution in [-0.4, -0.2) is 10.9 Å². The molecule has 1 aliphatic heterocycles. The molecule has 0 spiro atoms. The van der Waals surface area contributed by atoms with E-state index in [9.17, 15) is 0 Å². The number of rotatable bonds is 1. The smallest absolute Gasteiger partial charge is 0.160 e. The highest BCUT2D eigenvalue weighted by atomic mass is 32.2. The minimum absolute atomic E-state index is 0.292. The SMILES string of the molecule is Oc1ccc([S+]2C=CCCC2)cc1. The van der Waals surface area contributed by atoms with Gasteiger partial charge in [-0.2, -0.15) is 0 Å². The van der Waals surface area contributed by atoms with Crippen molar-refractivity contribution in [1.82, 2.24) is 0 Å². The van der Waals surface area contributed by atoms with Gasteiger partial charge in [-0.05, 0) is 43.2 Å². The highest BCUT2D eigenvalue weighted by molar-refractivity contribution is 7.99. The lowest BCUT2D eigenvalue weighted by atomic mass is 10.3. The third kappa shape index (κ3) is 2.07. The van der Waals surface area contributed by atoms with E-state index in [1.54, 1.807) is 12.1 Å². The third-order valence-corrected chi connectivity index (χ3v) is 4.26. The standard InChI is InChI=1S/C11H12OS/c12-10-4-6-11(7-5-10)13-8-2-1-3-9-13/h2,4-8H,1,3,9H2/p+1. The molecule has 1 atom stereocenters. The Morgan fingerprint density at radius 1 is 1.15 bits per heavy atom. The number of benzene rings is 1. The monoisotopic (exact) mass is 193 g/mol. The summed E-state index contributed by atoms with van der Waals surface area (Å²) in [4.78, 5) is 1.34. The molecule has 0 saturated carbocycles. The number of hydrogen-bond acceptors (Lipinski definition) is 1. The second-order valence-electron chi connectivity index (χ2n) is 3.14. The van der Waals surface area contributed by atoms with Gasteiger partial charge in [0.05, 0.1) is 10.9 Å². The van der Waals surface area contributed by atoms with Gasteiger partial charge in [-0.1, -0.05) is 0 Å². The van der Waals surface area contributed by atoms with Crippen LogP contribution in [0.5, 0.6) is 5.75 Å². The molecule has 1 unspecified atom stereocenters. The predicted octanol–water partition coefficient (Wildman–Crippen LogP) is 2.68. The fourth-order valence-corrected chi connectivity index (χ4v) is 3.29. The summed E-state index contributed by atoms with van der Waals surface area (Å²) in [6.45, 7) is 0. The Hall–Kier alpha value is -0.890. The molecule has 1 nitrogen and oxygen atoms in total. The second kappa shape index (κ2) is 3.88. The van der Waals surface area contributed by atoms with Gasteiger partial charge in [0.15, 0.2) is 4.90 Å². The largest absolute Gasteiger partial charge is 0.508 e. The van der Waals surface area contributed by atoms with Crippen LogP contribution in [0.15, 0.2) is 40.6 Å². The van der Waals surface area contributed by atoms with E-state index in [0.717, 1.165) is 0 Å². The quantitative estimate of drug-likeness (QED) is 0.680. The molecule has 0 radical (unpaired) electrons. The highest BCUT2D eigenvalue weighted by Crippen LogP contribution is 2.22. The van der Waals surface area contributed by atoms with Crippen LogP contribution < -0.4 is 0 Å². The molecule has 2 rings (SSSR count). The lowest BCUT2D eigenvalue weighted by Crippen LogP contribution is -2.07. The summed E-state index contributed by atoms with van der Waals surface area (Å²) in [6.07, 6.45) is 4.78. The molecule has 68 valence electrons. The maximum atomic E-state index is 9.14. The zero-order chi connectivity index (χ0) is 9.10. The molecule has 0 bridgehead atoms. The van der Waals surface area contributed by atoms with Crippen molar-refractivity contribution in [3.63, 3.8) is 0 Å². The molecule has 0 aromatic heterocycles. The minimum atomic E-state index is 0.292. The Kier molecular flexibility index (Phi) is 2.60. The van der Waals surface area contributed by atoms with Crippen LogP contribution in [0.1, 0.15) is 12.8 Å². The summed E-state index contributed by atoms with van der Waals surface area (Å²) < 4.78 is 0. The molecular formula is C11H13OS+. The van der Waals surface area contributed by atoms with Crippen LogP contribution in [0.25, 0.3) is 0 Å². The number of allylic oxidation sites excluding steroid dienone is 1. The van der Waals surface area contributed by atoms with Crippen LogP contribution >= 0.6 is 0 Å². The van der Waals surface area contributed by atoms with Gasteiger partial charge in [-0.25, -0.2) is 0 Å². The number of phenolic OH excluding ortho intramolecular Hbond substituents is 1. The van der Waals surface area contributed by atoms with Crippen molar-refractivity contribution < 1.29 is 5.11 Å². The van der Waals surface area contributed by atoms with Crippen molar-refractivity contribution in [2.24, 2.45) is 0 Å². The summed E-state index contributed by atoms with van der Waals surface area (Å²) in [5, 5.41) is 11.4. The Bertz CT molecular complexity index is 302. The van der Waals surface area contributed by atoms with Crippen molar-refractivity contribution in [2.75, 3.05) is 5.75 Å². The molecule has 2 heteroatoms. The zero-order valence-electron chi connectivity index (χ0n) is 7.44. The van der Waals surface area contributed by atoms with Crippen molar-refractivity contribution in [3.05, 3.63) is 35.7 Å². The third-order valence-electron chi connectivity index (χ3n) is 2.14. The highest BCUT2D eigenvalue weighted by Gasteiger charge is 2.20. The molecule has 1 heterocycles. The molecule has 0 aliphatic carbocycles. The Morgan fingerprint density at radius 3 is 2.54 bits per heavy atom. The molecule has 0 saturated heterocycles. The van der Waals surface area contributed by atoms with Crippen molar-refractivity contribution in [3.8, 4) is 5.75 Å². The first-order valence-electron chi connectivity index (χ1n) is 4.52. The van der Waals surface area contributed by atoms with E-state index in [-0.39, 0.29) is 0 Å². The first-order chi connectivity index (χ1) is 6.36. The molecule has 1 N–H and O–H groups in total. The summed E-state index contributed by atoms with van der Waals surface area (Å²) in [5.74, 6) is 1.62. The number of phenols is 1. The molecule has 0 fully saturated rings. The van der Waals surface area contributed by atoms with Gasteiger partial charge in [-0.15, -0.1) is 0 Å². The summed E-state index contributed by atoms with van der Waals surface area (Å²) in [5.41, 5.74) is 0. The maximum Gasteiger partial charge on any atom is 0.160 e. The molecule has 1 aromatic carbocycles. The van der Waals surface area contributed by atoms with Gasteiger partial charge in [0.1, 0.15) is 16.9 Å². The predicted molar refractivity (Wildman–Crippen MR) is 57.0 cm³/mol. The minimum Gasteiger partial charge on any atom is -0.508 e. The van der Waals surface area contributed by atoms with Crippen molar-refractivity contribution in [1.29, 1.82) is 0 Å². The van der Waals surface area contributed by atoms with Gasteiger partial charge in [-0.3, -0.25) is 0 Å². The number of aromatic hydroxyl groups is 1. The van der Waals surface area contributed by atoms with Crippen LogP contribution in [0.3, 0.4) is 0 Å². The lowest BCUT2D eigenvalue weighted by molar-refractivity contribution is 0.475. The van der Waals surface area contributed by atoms with Crippen molar-refractivity contribution in [2.45, 2.75) is 17.7 Å². The average molecular weight is 193 g/mol. The van der Waals surface area contributed by atoms with Crippen LogP contribution in [-0.2, 0) is 10.9 Å². The molecule has 0 amide bonds. The zero-order valence-corrected chi connectivity index (χ0v) is 8.26. The van der Waals surface area contributed by atoms with Crippen LogP contribution in [0, 0.1) is 0 Å². The Balaban J connectivity index is 2.19. The molecule has 13 heavy (non-hydrogen) atoms.